The molecule has 14 rings (SSSR count). The Balaban J connectivity index is 0.722. The van der Waals surface area contributed by atoms with Crippen molar-refractivity contribution in [2.45, 2.75) is 104 Å². The molecule has 2 aliphatic heterocycles. The Morgan fingerprint density at radius 3 is 1.02 bits per heavy atom. The van der Waals surface area contributed by atoms with Crippen LogP contribution in [0.2, 0.25) is 0 Å². The fourth-order valence-electron chi connectivity index (χ4n) is 15.0. The van der Waals surface area contributed by atoms with Crippen LogP contribution in [0, 0.1) is 27.7 Å². The fraction of sp³-hybridized carbons (Fsp3) is 0.220. The van der Waals surface area contributed by atoms with Crippen LogP contribution in [0.3, 0.4) is 0 Å². The number of carbonyl (C=O) groups excluding carboxylic acids is 8. The van der Waals surface area contributed by atoms with E-state index >= 15 is 0 Å². The molecule has 0 atom stereocenters. The maximum absolute atomic E-state index is 15.0. The standard InChI is InChI=1S/C82H70N4O11/c1-47-41-55(53-21-13-14-22-53)42-48(2)73(47)85-77(89)63-35-33-61(71-67(39-37-65(69(63)71)79(85)91)81(93)95-45-51-17-9-7-10-18-51)75(87)83(5)57-25-29-59(30-26-57)97-60-31-27-58(28-32-60)84(6)76(88)62-34-36-64-70-66(38-40-68(72(62)70)82(94)96-46-52-19-11-8-12-20-52)80(92)86(78(64)90)74-49(3)43-56(44-50(74)4)54-23-15-16-24-54/h7-12,17-20,25-44,53-54H,13-16,21-24,45-46H2,1-6H3. The zero-order valence-electron chi connectivity index (χ0n) is 54.8. The Labute approximate surface area is 561 Å². The Kier molecular flexibility index (Phi) is 16.8. The molecule has 6 amide bonds. The van der Waals surface area contributed by atoms with Crippen molar-refractivity contribution in [3.63, 3.8) is 0 Å². The van der Waals surface area contributed by atoms with Crippen LogP contribution in [0.5, 0.6) is 11.5 Å². The molecule has 2 aliphatic carbocycles. The van der Waals surface area contributed by atoms with E-state index < -0.39 is 47.4 Å². The highest BCUT2D eigenvalue weighted by atomic mass is 16.5. The van der Waals surface area contributed by atoms with E-state index in [1.807, 2.05) is 88.4 Å². The largest absolute Gasteiger partial charge is 0.457 e. The predicted octanol–water partition coefficient (Wildman–Crippen LogP) is 17.2. The van der Waals surface area contributed by atoms with Gasteiger partial charge in [-0.3, -0.25) is 28.8 Å². The minimum Gasteiger partial charge on any atom is -0.457 e. The van der Waals surface area contributed by atoms with Crippen LogP contribution in [0.4, 0.5) is 22.7 Å². The number of imide groups is 2. The topological polar surface area (TPSA) is 177 Å². The molecule has 0 aromatic heterocycles. The van der Waals surface area contributed by atoms with Gasteiger partial charge in [0.25, 0.3) is 35.4 Å². The van der Waals surface area contributed by atoms with Crippen molar-refractivity contribution in [2.75, 3.05) is 33.7 Å². The van der Waals surface area contributed by atoms with E-state index in [1.165, 1.54) is 67.1 Å². The molecule has 15 heteroatoms. The second-order valence-corrected chi connectivity index (χ2v) is 25.9. The SMILES string of the molecule is Cc1cc(C2CCCC2)cc(C)c1N1C(=O)c2ccc(C(=O)OCc3ccccc3)c3c(C(=O)N(C)c4ccc(Oc5ccc(N(C)C(=O)c6ccc7c8c(ccc(C(=O)OCc9ccccc9)c68)C(=O)N(c6c(C)cc(C8CCCC8)cc6C)C7=O)cc5)cc4)ccc(c23)C1=O. The molecule has 2 saturated carbocycles. The fourth-order valence-corrected chi connectivity index (χ4v) is 15.0. The normalized spacial score (nSPS) is 14.6. The quantitative estimate of drug-likeness (QED) is 0.0664. The highest BCUT2D eigenvalue weighted by Gasteiger charge is 2.41. The number of hydrogen-bond donors (Lipinski definition) is 0. The molecule has 97 heavy (non-hydrogen) atoms. The average Bonchev–Trinajstić information content (AvgIpc) is 0.932. The summed E-state index contributed by atoms with van der Waals surface area (Å²) >= 11 is 0. The van der Waals surface area contributed by atoms with Gasteiger partial charge in [-0.1, -0.05) is 111 Å². The van der Waals surface area contributed by atoms with Gasteiger partial charge >= 0.3 is 11.9 Å². The maximum Gasteiger partial charge on any atom is 0.339 e. The number of nitrogens with zero attached hydrogens (tertiary/aromatic N) is 4. The lowest BCUT2D eigenvalue weighted by Gasteiger charge is -2.31. The van der Waals surface area contributed by atoms with Crippen molar-refractivity contribution in [3.8, 4) is 11.5 Å². The van der Waals surface area contributed by atoms with E-state index in [1.54, 1.807) is 74.8 Å². The second kappa shape index (κ2) is 25.8. The summed E-state index contributed by atoms with van der Waals surface area (Å²) in [7, 11) is 3.18. The molecule has 0 saturated heterocycles. The van der Waals surface area contributed by atoms with Crippen molar-refractivity contribution in [3.05, 3.63) is 271 Å². The molecular formula is C82H70N4O11. The molecule has 0 unspecified atom stereocenters. The van der Waals surface area contributed by atoms with Gasteiger partial charge in [0.05, 0.1) is 22.5 Å². The van der Waals surface area contributed by atoms with Crippen molar-refractivity contribution in [1.29, 1.82) is 0 Å². The zero-order valence-corrected chi connectivity index (χ0v) is 54.8. The summed E-state index contributed by atoms with van der Waals surface area (Å²) in [5, 5.41) is 0.622. The zero-order chi connectivity index (χ0) is 67.5. The lowest BCUT2D eigenvalue weighted by atomic mass is 9.87. The molecule has 2 fully saturated rings. The van der Waals surface area contributed by atoms with Crippen LogP contribution >= 0.6 is 0 Å². The van der Waals surface area contributed by atoms with Crippen molar-refractivity contribution in [2.24, 2.45) is 0 Å². The number of hydrogen-bond acceptors (Lipinski definition) is 11. The van der Waals surface area contributed by atoms with Crippen molar-refractivity contribution >= 4 is 91.7 Å². The lowest BCUT2D eigenvalue weighted by Crippen LogP contribution is -2.41. The summed E-state index contributed by atoms with van der Waals surface area (Å²) in [6, 6.07) is 52.4. The lowest BCUT2D eigenvalue weighted by molar-refractivity contribution is 0.0466. The predicted molar refractivity (Wildman–Crippen MR) is 374 cm³/mol. The van der Waals surface area contributed by atoms with E-state index in [4.69, 9.17) is 14.2 Å². The molecular weight excluding hydrogens is 1220 g/mol. The molecule has 0 radical (unpaired) electrons. The molecule has 4 aliphatic rings. The first-order valence-electron chi connectivity index (χ1n) is 33.0. The van der Waals surface area contributed by atoms with Gasteiger partial charge in [0.1, 0.15) is 24.7 Å². The highest BCUT2D eigenvalue weighted by Crippen LogP contribution is 2.45. The smallest absolute Gasteiger partial charge is 0.339 e. The molecule has 0 spiro atoms. The molecule has 2 heterocycles. The van der Waals surface area contributed by atoms with Crippen molar-refractivity contribution < 1.29 is 52.6 Å². The summed E-state index contributed by atoms with van der Waals surface area (Å²) in [6.45, 7) is 7.57. The Morgan fingerprint density at radius 2 is 0.701 bits per heavy atom. The van der Waals surface area contributed by atoms with Gasteiger partial charge in [0.15, 0.2) is 0 Å². The Hall–Kier alpha value is -11.3. The van der Waals surface area contributed by atoms with E-state index in [2.05, 4.69) is 24.3 Å². The van der Waals surface area contributed by atoms with Crippen molar-refractivity contribution in [1.82, 2.24) is 0 Å². The number of amides is 6. The summed E-state index contributed by atoms with van der Waals surface area (Å²) in [6.07, 6.45) is 9.04. The number of aryl methyl sites for hydroxylation is 4. The summed E-state index contributed by atoms with van der Waals surface area (Å²) < 4.78 is 18.0. The third-order valence-electron chi connectivity index (χ3n) is 19.8. The minimum absolute atomic E-state index is 0.0201. The van der Waals surface area contributed by atoms with Crippen LogP contribution in [-0.4, -0.2) is 61.5 Å². The second-order valence-electron chi connectivity index (χ2n) is 25.9. The third kappa shape index (κ3) is 11.5. The van der Waals surface area contributed by atoms with Crippen LogP contribution in [-0.2, 0) is 22.7 Å². The van der Waals surface area contributed by atoms with Gasteiger partial charge < -0.3 is 24.0 Å². The van der Waals surface area contributed by atoms with Crippen LogP contribution < -0.4 is 24.3 Å². The summed E-state index contributed by atoms with van der Waals surface area (Å²) in [5.74, 6) is -3.12. The van der Waals surface area contributed by atoms with E-state index in [0.29, 0.717) is 46.1 Å². The highest BCUT2D eigenvalue weighted by molar-refractivity contribution is 6.40. The summed E-state index contributed by atoms with van der Waals surface area (Å²) in [5.41, 5.74) is 9.89. The molecule has 484 valence electrons. The number of ether oxygens (including phenoxy) is 3. The molecule has 0 bridgehead atoms. The Morgan fingerprint density at radius 1 is 0.392 bits per heavy atom. The Bertz CT molecular complexity index is 4530. The summed E-state index contributed by atoms with van der Waals surface area (Å²) in [4.78, 5) is 123. The minimum atomic E-state index is -0.737. The van der Waals surface area contributed by atoms with E-state index in [0.717, 1.165) is 84.7 Å². The van der Waals surface area contributed by atoms with E-state index in [9.17, 15) is 38.4 Å². The van der Waals surface area contributed by atoms with E-state index in [-0.39, 0.29) is 79.3 Å². The van der Waals surface area contributed by atoms with Gasteiger partial charge in [-0.25, -0.2) is 19.4 Å². The first kappa shape index (κ1) is 63.1. The van der Waals surface area contributed by atoms with Crippen LogP contribution in [0.1, 0.15) is 191 Å². The van der Waals surface area contributed by atoms with Gasteiger partial charge in [0.2, 0.25) is 0 Å². The molecule has 15 nitrogen and oxygen atoms in total. The van der Waals surface area contributed by atoms with Crippen LogP contribution in [0.15, 0.2) is 182 Å². The first-order valence-corrected chi connectivity index (χ1v) is 33.0. The third-order valence-corrected chi connectivity index (χ3v) is 19.8. The molecule has 0 N–H and O–H groups in total. The monoisotopic (exact) mass is 1290 g/mol. The number of anilines is 4. The molecule has 10 aromatic carbocycles. The number of rotatable bonds is 16. The average molecular weight is 1290 g/mol. The van der Waals surface area contributed by atoms with Gasteiger partial charge in [-0.2, -0.15) is 0 Å². The van der Waals surface area contributed by atoms with Gasteiger partial charge in [-0.15, -0.1) is 0 Å². The molecule has 10 aromatic rings. The van der Waals surface area contributed by atoms with Crippen LogP contribution in [0.25, 0.3) is 21.5 Å². The number of esters is 2. The maximum atomic E-state index is 15.0. The number of carbonyl (C=O) groups is 8. The number of benzene rings is 10. The van der Waals surface area contributed by atoms with Gasteiger partial charge in [0, 0.05) is 80.4 Å². The van der Waals surface area contributed by atoms with Gasteiger partial charge in [-0.05, 0) is 207 Å². The first-order chi connectivity index (χ1) is 46.9.